The smallest absolute Gasteiger partial charge is 0.228 e. The first kappa shape index (κ1) is 12.8. The normalized spacial score (nSPS) is 19.5. The summed E-state index contributed by atoms with van der Waals surface area (Å²) in [6.45, 7) is 1.70. The van der Waals surface area contributed by atoms with E-state index in [1.165, 1.54) is 0 Å². The summed E-state index contributed by atoms with van der Waals surface area (Å²) in [6.07, 6.45) is 1.93. The van der Waals surface area contributed by atoms with Crippen LogP contribution in [0.4, 0.5) is 5.69 Å². The Balaban J connectivity index is 1.86. The maximum atomic E-state index is 12.2. The molecule has 1 aromatic heterocycles. The van der Waals surface area contributed by atoms with Crippen molar-refractivity contribution >= 4 is 46.0 Å². The van der Waals surface area contributed by atoms with Gasteiger partial charge in [0, 0.05) is 6.54 Å². The van der Waals surface area contributed by atoms with Gasteiger partial charge < -0.3 is 10.6 Å². The first-order valence-electron chi connectivity index (χ1n) is 6.18. The molecule has 1 aliphatic heterocycles. The van der Waals surface area contributed by atoms with Gasteiger partial charge in [0.1, 0.15) is 11.0 Å². The topological polar surface area (TPSA) is 66.9 Å². The number of nitrogens with one attached hydrogen (secondary N) is 2. The number of aromatic nitrogens is 2. The quantitative estimate of drug-likeness (QED) is 0.892. The van der Waals surface area contributed by atoms with E-state index in [-0.39, 0.29) is 11.8 Å². The second-order valence-corrected chi connectivity index (χ2v) is 5.52. The number of hydrogen-bond acceptors (Lipinski definition) is 5. The van der Waals surface area contributed by atoms with Gasteiger partial charge in [-0.3, -0.25) is 4.79 Å². The van der Waals surface area contributed by atoms with Crippen LogP contribution in [-0.4, -0.2) is 27.7 Å². The summed E-state index contributed by atoms with van der Waals surface area (Å²) < 4.78 is 8.34. The van der Waals surface area contributed by atoms with Gasteiger partial charge in [-0.1, -0.05) is 11.6 Å². The molecule has 0 spiro atoms. The molecule has 2 N–H and O–H groups in total. The summed E-state index contributed by atoms with van der Waals surface area (Å²) >= 11 is 7.27. The van der Waals surface area contributed by atoms with Gasteiger partial charge in [-0.05, 0) is 31.5 Å². The van der Waals surface area contributed by atoms with E-state index < -0.39 is 0 Å². The van der Waals surface area contributed by atoms with E-state index in [1.54, 1.807) is 12.1 Å². The number of carbonyl (C=O) groups excluding carboxylic acids is 1. The van der Waals surface area contributed by atoms with Crippen molar-refractivity contribution in [1.82, 2.24) is 14.1 Å². The molecule has 1 saturated heterocycles. The minimum atomic E-state index is -0.00772. The fourth-order valence-corrected chi connectivity index (χ4v) is 2.99. The van der Waals surface area contributed by atoms with Crippen molar-refractivity contribution in [3.63, 3.8) is 0 Å². The highest BCUT2D eigenvalue weighted by atomic mass is 35.5. The number of anilines is 1. The third-order valence-electron chi connectivity index (χ3n) is 3.29. The molecular formula is C12H13ClN4OS. The second kappa shape index (κ2) is 5.40. The highest BCUT2D eigenvalue weighted by molar-refractivity contribution is 7.00. The molecule has 3 rings (SSSR count). The Morgan fingerprint density at radius 1 is 1.47 bits per heavy atom. The molecule has 1 aromatic carbocycles. The summed E-state index contributed by atoms with van der Waals surface area (Å²) in [5.41, 5.74) is 1.99. The molecule has 1 atom stereocenters. The molecular weight excluding hydrogens is 284 g/mol. The van der Waals surface area contributed by atoms with Crippen molar-refractivity contribution in [3.8, 4) is 0 Å². The number of halogens is 1. The average molecular weight is 297 g/mol. The first-order chi connectivity index (χ1) is 9.25. The van der Waals surface area contributed by atoms with Crippen LogP contribution in [0.25, 0.3) is 11.0 Å². The summed E-state index contributed by atoms with van der Waals surface area (Å²) in [4.78, 5) is 12.2. The van der Waals surface area contributed by atoms with Crippen molar-refractivity contribution in [2.24, 2.45) is 5.92 Å². The molecule has 1 fully saturated rings. The molecule has 0 aliphatic carbocycles. The van der Waals surface area contributed by atoms with E-state index >= 15 is 0 Å². The van der Waals surface area contributed by atoms with Gasteiger partial charge >= 0.3 is 0 Å². The largest absolute Gasteiger partial charge is 0.323 e. The molecule has 2 aromatic rings. The lowest BCUT2D eigenvalue weighted by Crippen LogP contribution is -2.37. The predicted molar refractivity (Wildman–Crippen MR) is 76.6 cm³/mol. The highest BCUT2D eigenvalue weighted by Gasteiger charge is 2.22. The van der Waals surface area contributed by atoms with E-state index in [0.717, 1.165) is 43.2 Å². The van der Waals surface area contributed by atoms with Crippen LogP contribution in [0, 0.1) is 5.92 Å². The van der Waals surface area contributed by atoms with Crippen molar-refractivity contribution < 1.29 is 4.79 Å². The Morgan fingerprint density at radius 3 is 3.16 bits per heavy atom. The zero-order chi connectivity index (χ0) is 13.2. The van der Waals surface area contributed by atoms with Crippen LogP contribution in [0.5, 0.6) is 0 Å². The standard InChI is InChI=1S/C12H13ClN4OS/c13-8-3-4-9-11(17-19-16-9)10(8)15-12(18)7-2-1-5-14-6-7/h3-4,7,14H,1-2,5-6H2,(H,15,18)/t7-/m1/s1. The van der Waals surface area contributed by atoms with Crippen molar-refractivity contribution in [2.45, 2.75) is 12.8 Å². The van der Waals surface area contributed by atoms with Gasteiger partial charge in [0.15, 0.2) is 0 Å². The molecule has 100 valence electrons. The summed E-state index contributed by atoms with van der Waals surface area (Å²) in [6, 6.07) is 3.54. The number of piperidine rings is 1. The third-order valence-corrected chi connectivity index (χ3v) is 4.15. The average Bonchev–Trinajstić information content (AvgIpc) is 2.91. The Labute approximate surface area is 119 Å². The van der Waals surface area contributed by atoms with Gasteiger partial charge in [0.2, 0.25) is 5.91 Å². The lowest BCUT2D eigenvalue weighted by atomic mass is 9.99. The molecule has 1 aliphatic rings. The van der Waals surface area contributed by atoms with Gasteiger partial charge in [0.05, 0.1) is 28.4 Å². The van der Waals surface area contributed by atoms with Crippen molar-refractivity contribution in [3.05, 3.63) is 17.2 Å². The second-order valence-electron chi connectivity index (χ2n) is 4.59. The molecule has 0 saturated carbocycles. The maximum Gasteiger partial charge on any atom is 0.228 e. The number of fused-ring (bicyclic) bond motifs is 1. The Morgan fingerprint density at radius 2 is 2.37 bits per heavy atom. The van der Waals surface area contributed by atoms with Gasteiger partial charge in [-0.15, -0.1) is 0 Å². The molecule has 1 amide bonds. The van der Waals surface area contributed by atoms with E-state index in [4.69, 9.17) is 11.6 Å². The molecule has 5 nitrogen and oxygen atoms in total. The van der Waals surface area contributed by atoms with Gasteiger partial charge in [-0.2, -0.15) is 8.75 Å². The molecule has 2 heterocycles. The zero-order valence-electron chi connectivity index (χ0n) is 10.1. The van der Waals surface area contributed by atoms with Crippen LogP contribution in [-0.2, 0) is 4.79 Å². The number of benzene rings is 1. The van der Waals surface area contributed by atoms with Gasteiger partial charge in [0.25, 0.3) is 0 Å². The summed E-state index contributed by atoms with van der Waals surface area (Å²) in [7, 11) is 0. The van der Waals surface area contributed by atoms with E-state index in [2.05, 4.69) is 19.4 Å². The van der Waals surface area contributed by atoms with Crippen molar-refractivity contribution in [2.75, 3.05) is 18.4 Å². The number of rotatable bonds is 2. The molecule has 0 unspecified atom stereocenters. The number of amides is 1. The lowest BCUT2D eigenvalue weighted by molar-refractivity contribution is -0.120. The fourth-order valence-electron chi connectivity index (χ4n) is 2.25. The zero-order valence-corrected chi connectivity index (χ0v) is 11.7. The van der Waals surface area contributed by atoms with Crippen LogP contribution in [0.1, 0.15) is 12.8 Å². The summed E-state index contributed by atoms with van der Waals surface area (Å²) in [5, 5.41) is 6.63. The summed E-state index contributed by atoms with van der Waals surface area (Å²) in [5.74, 6) is -0.0127. The predicted octanol–water partition coefficient (Wildman–Crippen LogP) is 2.28. The van der Waals surface area contributed by atoms with Crippen LogP contribution >= 0.6 is 23.3 Å². The van der Waals surface area contributed by atoms with Crippen molar-refractivity contribution in [1.29, 1.82) is 0 Å². The molecule has 7 heteroatoms. The number of hydrogen-bond donors (Lipinski definition) is 2. The number of carbonyl (C=O) groups is 1. The van der Waals surface area contributed by atoms with Crippen LogP contribution < -0.4 is 10.6 Å². The number of nitrogens with zero attached hydrogens (tertiary/aromatic N) is 2. The fraction of sp³-hybridized carbons (Fsp3) is 0.417. The van der Waals surface area contributed by atoms with Gasteiger partial charge in [-0.25, -0.2) is 0 Å². The van der Waals surface area contributed by atoms with E-state index in [9.17, 15) is 4.79 Å². The Bertz CT molecular complexity index is 609. The SMILES string of the molecule is O=C(Nc1c(Cl)ccc2nsnc12)[C@@H]1CCCNC1. The Hall–Kier alpha value is -1.24. The van der Waals surface area contributed by atoms with Crippen LogP contribution in [0.3, 0.4) is 0 Å². The lowest BCUT2D eigenvalue weighted by Gasteiger charge is -2.22. The van der Waals surface area contributed by atoms with Crippen LogP contribution in [0.15, 0.2) is 12.1 Å². The molecule has 0 bridgehead atoms. The minimum absolute atomic E-state index is 0.00500. The first-order valence-corrected chi connectivity index (χ1v) is 7.29. The minimum Gasteiger partial charge on any atom is -0.323 e. The van der Waals surface area contributed by atoms with E-state index in [0.29, 0.717) is 16.2 Å². The maximum absolute atomic E-state index is 12.2. The van der Waals surface area contributed by atoms with Crippen LogP contribution in [0.2, 0.25) is 5.02 Å². The molecule has 19 heavy (non-hydrogen) atoms. The van der Waals surface area contributed by atoms with E-state index in [1.807, 2.05) is 0 Å². The monoisotopic (exact) mass is 296 g/mol. The molecule has 0 radical (unpaired) electrons. The third kappa shape index (κ3) is 2.56. The highest BCUT2D eigenvalue weighted by Crippen LogP contribution is 2.30. The Kier molecular flexibility index (Phi) is 3.63.